The summed E-state index contributed by atoms with van der Waals surface area (Å²) in [5.74, 6) is 0. The Morgan fingerprint density at radius 1 is 0.750 bits per heavy atom. The van der Waals surface area contributed by atoms with Gasteiger partial charge < -0.3 is 0 Å². The first-order chi connectivity index (χ1) is 5.62. The molecule has 0 aromatic rings. The quantitative estimate of drug-likeness (QED) is 0.482. The fraction of sp³-hybridized carbons (Fsp3) is 1.00. The summed E-state index contributed by atoms with van der Waals surface area (Å²) >= 11 is 0. The molecular weight excluding hydrogens is 144 g/mol. The van der Waals surface area contributed by atoms with Crippen molar-refractivity contribution in [2.24, 2.45) is 5.41 Å². The van der Waals surface area contributed by atoms with Crippen molar-refractivity contribution in [2.45, 2.75) is 72.6 Å². The molecule has 74 valence electrons. The highest BCUT2D eigenvalue weighted by Gasteiger charge is 2.15. The molecule has 0 aliphatic rings. The maximum Gasteiger partial charge on any atom is -0.0354 e. The van der Waals surface area contributed by atoms with Crippen molar-refractivity contribution < 1.29 is 0 Å². The van der Waals surface area contributed by atoms with Crippen molar-refractivity contribution in [3.05, 3.63) is 0 Å². The van der Waals surface area contributed by atoms with E-state index in [-0.39, 0.29) is 0 Å². The third kappa shape index (κ3) is 6.69. The zero-order valence-electron chi connectivity index (χ0n) is 9.45. The second kappa shape index (κ2) is 6.51. The maximum absolute atomic E-state index is 2.42. The van der Waals surface area contributed by atoms with E-state index in [9.17, 15) is 0 Å². The van der Waals surface area contributed by atoms with Gasteiger partial charge in [0.05, 0.1) is 0 Å². The molecule has 0 fully saturated rings. The lowest BCUT2D eigenvalue weighted by atomic mass is 9.82. The summed E-state index contributed by atoms with van der Waals surface area (Å²) < 4.78 is 0. The SMILES string of the molecule is CCCCCC(C)(C)CCCC. The first-order valence-electron chi connectivity index (χ1n) is 5.62. The normalized spacial score (nSPS) is 12.0. The molecule has 0 N–H and O–H groups in total. The standard InChI is InChI=1S/C12H26/c1-5-7-9-11-12(3,4)10-8-6-2/h5-11H2,1-4H3. The lowest BCUT2D eigenvalue weighted by Gasteiger charge is -2.24. The van der Waals surface area contributed by atoms with Crippen LogP contribution >= 0.6 is 0 Å². The summed E-state index contributed by atoms with van der Waals surface area (Å²) in [5, 5.41) is 0. The summed E-state index contributed by atoms with van der Waals surface area (Å²) in [6.07, 6.45) is 9.76. The topological polar surface area (TPSA) is 0 Å². The highest BCUT2D eigenvalue weighted by Crippen LogP contribution is 2.29. The van der Waals surface area contributed by atoms with E-state index in [4.69, 9.17) is 0 Å². The van der Waals surface area contributed by atoms with E-state index >= 15 is 0 Å². The minimum absolute atomic E-state index is 0.602. The third-order valence-corrected chi connectivity index (χ3v) is 2.66. The van der Waals surface area contributed by atoms with Crippen LogP contribution in [0.5, 0.6) is 0 Å². The van der Waals surface area contributed by atoms with Crippen LogP contribution in [0.4, 0.5) is 0 Å². The maximum atomic E-state index is 2.42. The van der Waals surface area contributed by atoms with Gasteiger partial charge in [0, 0.05) is 0 Å². The van der Waals surface area contributed by atoms with Crippen molar-refractivity contribution in [3.63, 3.8) is 0 Å². The van der Waals surface area contributed by atoms with Gasteiger partial charge in [-0.2, -0.15) is 0 Å². The van der Waals surface area contributed by atoms with Crippen molar-refractivity contribution >= 4 is 0 Å². The monoisotopic (exact) mass is 170 g/mol. The lowest BCUT2D eigenvalue weighted by Crippen LogP contribution is -2.10. The van der Waals surface area contributed by atoms with Gasteiger partial charge in [0.25, 0.3) is 0 Å². The first kappa shape index (κ1) is 12.0. The minimum atomic E-state index is 0.602. The van der Waals surface area contributed by atoms with Crippen LogP contribution in [-0.2, 0) is 0 Å². The summed E-state index contributed by atoms with van der Waals surface area (Å²) in [6.45, 7) is 9.39. The van der Waals surface area contributed by atoms with Crippen molar-refractivity contribution in [3.8, 4) is 0 Å². The first-order valence-corrected chi connectivity index (χ1v) is 5.62. The second-order valence-corrected chi connectivity index (χ2v) is 4.72. The molecule has 0 unspecified atom stereocenters. The average molecular weight is 170 g/mol. The summed E-state index contributed by atoms with van der Waals surface area (Å²) in [7, 11) is 0. The molecule has 0 aromatic heterocycles. The van der Waals surface area contributed by atoms with E-state index in [0.29, 0.717) is 5.41 Å². The molecule has 0 bridgehead atoms. The van der Waals surface area contributed by atoms with Crippen molar-refractivity contribution in [1.29, 1.82) is 0 Å². The number of hydrogen-bond donors (Lipinski definition) is 0. The van der Waals surface area contributed by atoms with Crippen LogP contribution in [0.2, 0.25) is 0 Å². The van der Waals surface area contributed by atoms with Gasteiger partial charge in [-0.1, -0.05) is 59.8 Å². The van der Waals surface area contributed by atoms with Gasteiger partial charge in [0.1, 0.15) is 0 Å². The lowest BCUT2D eigenvalue weighted by molar-refractivity contribution is 0.287. The average Bonchev–Trinajstić information content (AvgIpc) is 2.01. The number of rotatable bonds is 7. The van der Waals surface area contributed by atoms with Gasteiger partial charge in [0.2, 0.25) is 0 Å². The van der Waals surface area contributed by atoms with E-state index in [1.54, 1.807) is 0 Å². The van der Waals surface area contributed by atoms with E-state index < -0.39 is 0 Å². The summed E-state index contributed by atoms with van der Waals surface area (Å²) in [5.41, 5.74) is 0.602. The summed E-state index contributed by atoms with van der Waals surface area (Å²) in [6, 6.07) is 0. The number of unbranched alkanes of at least 4 members (excludes halogenated alkanes) is 3. The Kier molecular flexibility index (Phi) is 6.51. The number of hydrogen-bond acceptors (Lipinski definition) is 0. The largest absolute Gasteiger partial charge is 0.0654 e. The van der Waals surface area contributed by atoms with E-state index in [1.807, 2.05) is 0 Å². The van der Waals surface area contributed by atoms with E-state index in [2.05, 4.69) is 27.7 Å². The van der Waals surface area contributed by atoms with Crippen LogP contribution in [0.15, 0.2) is 0 Å². The van der Waals surface area contributed by atoms with Gasteiger partial charge in [-0.3, -0.25) is 0 Å². The Hall–Kier alpha value is 0. The fourth-order valence-corrected chi connectivity index (χ4v) is 1.63. The van der Waals surface area contributed by atoms with Crippen LogP contribution in [-0.4, -0.2) is 0 Å². The molecule has 12 heavy (non-hydrogen) atoms. The molecule has 0 amide bonds. The predicted octanol–water partition coefficient (Wildman–Crippen LogP) is 4.78. The van der Waals surface area contributed by atoms with Crippen LogP contribution in [0.25, 0.3) is 0 Å². The Balaban J connectivity index is 3.42. The van der Waals surface area contributed by atoms with Gasteiger partial charge in [-0.05, 0) is 18.3 Å². The van der Waals surface area contributed by atoms with Crippen LogP contribution < -0.4 is 0 Å². The predicted molar refractivity (Wildman–Crippen MR) is 57.4 cm³/mol. The third-order valence-electron chi connectivity index (χ3n) is 2.66. The molecule has 0 saturated heterocycles. The smallest absolute Gasteiger partial charge is 0.0354 e. The van der Waals surface area contributed by atoms with Crippen LogP contribution in [0.1, 0.15) is 72.6 Å². The van der Waals surface area contributed by atoms with Crippen molar-refractivity contribution in [1.82, 2.24) is 0 Å². The minimum Gasteiger partial charge on any atom is -0.0654 e. The molecule has 0 heteroatoms. The highest BCUT2D eigenvalue weighted by atomic mass is 14.2. The molecular formula is C12H26. The molecule has 0 radical (unpaired) electrons. The Labute approximate surface area is 78.8 Å². The molecule has 0 heterocycles. The van der Waals surface area contributed by atoms with Gasteiger partial charge in [-0.25, -0.2) is 0 Å². The van der Waals surface area contributed by atoms with Crippen molar-refractivity contribution in [2.75, 3.05) is 0 Å². The highest BCUT2D eigenvalue weighted by molar-refractivity contribution is 4.67. The summed E-state index contributed by atoms with van der Waals surface area (Å²) in [4.78, 5) is 0. The molecule has 0 aliphatic carbocycles. The molecule has 0 aromatic carbocycles. The van der Waals surface area contributed by atoms with Gasteiger partial charge in [0.15, 0.2) is 0 Å². The van der Waals surface area contributed by atoms with Crippen LogP contribution in [0.3, 0.4) is 0 Å². The zero-order chi connectivity index (χ0) is 9.45. The molecule has 0 saturated carbocycles. The fourth-order valence-electron chi connectivity index (χ4n) is 1.63. The van der Waals surface area contributed by atoms with E-state index in [1.165, 1.54) is 44.9 Å². The Morgan fingerprint density at radius 3 is 1.75 bits per heavy atom. The molecule has 0 rings (SSSR count). The van der Waals surface area contributed by atoms with E-state index in [0.717, 1.165) is 0 Å². The molecule has 0 nitrogen and oxygen atoms in total. The Bertz CT molecular complexity index is 92.2. The second-order valence-electron chi connectivity index (χ2n) is 4.72. The van der Waals surface area contributed by atoms with Gasteiger partial charge >= 0.3 is 0 Å². The molecule has 0 spiro atoms. The molecule has 0 aliphatic heterocycles. The van der Waals surface area contributed by atoms with Gasteiger partial charge in [-0.15, -0.1) is 0 Å². The van der Waals surface area contributed by atoms with Crippen LogP contribution in [0, 0.1) is 5.41 Å². The Morgan fingerprint density at radius 2 is 1.25 bits per heavy atom. The zero-order valence-corrected chi connectivity index (χ0v) is 9.45. The molecule has 0 atom stereocenters.